The van der Waals surface area contributed by atoms with Gasteiger partial charge in [0, 0.05) is 11.9 Å². The summed E-state index contributed by atoms with van der Waals surface area (Å²) in [4.78, 5) is 40.2. The van der Waals surface area contributed by atoms with Crippen LogP contribution >= 0.6 is 0 Å². The van der Waals surface area contributed by atoms with Crippen molar-refractivity contribution >= 4 is 35.0 Å². The number of urea groups is 1. The maximum atomic E-state index is 12.3. The van der Waals surface area contributed by atoms with Gasteiger partial charge in [0.1, 0.15) is 11.5 Å². The minimum absolute atomic E-state index is 0.0397. The molecule has 0 aliphatic carbocycles. The van der Waals surface area contributed by atoms with E-state index < -0.39 is 24.0 Å². The number of nitrogens with zero attached hydrogens (tertiary/aromatic N) is 1. The van der Waals surface area contributed by atoms with Crippen LogP contribution in [0.4, 0.5) is 16.3 Å². The number of carboxylic acids is 1. The van der Waals surface area contributed by atoms with E-state index in [2.05, 4.69) is 15.6 Å². The Balaban J connectivity index is 1.52. The fraction of sp³-hybridized carbons (Fsp3) is 0.250. The number of carbonyl (C=O) groups is 3. The van der Waals surface area contributed by atoms with Crippen molar-refractivity contribution in [2.24, 2.45) is 5.92 Å². The lowest BCUT2D eigenvalue weighted by atomic mass is 9.82. The van der Waals surface area contributed by atoms with Crippen molar-refractivity contribution in [1.29, 1.82) is 0 Å². The Labute approximate surface area is 166 Å². The monoisotopic (exact) mass is 396 g/mol. The number of aromatic nitrogens is 1. The Morgan fingerprint density at radius 2 is 1.93 bits per heavy atom. The normalized spacial score (nSPS) is 21.4. The molecular formula is C20H20N4O5. The quantitative estimate of drug-likeness (QED) is 0.493. The zero-order valence-electron chi connectivity index (χ0n) is 15.5. The van der Waals surface area contributed by atoms with Gasteiger partial charge in [-0.2, -0.15) is 0 Å². The van der Waals surface area contributed by atoms with E-state index in [1.807, 2.05) is 0 Å². The number of benzene rings is 1. The Bertz CT molecular complexity index is 994. The number of hydrogen-bond donors (Lipinski definition) is 5. The molecule has 1 fully saturated rings. The predicted molar refractivity (Wildman–Crippen MR) is 105 cm³/mol. The van der Waals surface area contributed by atoms with E-state index in [0.29, 0.717) is 29.1 Å². The van der Waals surface area contributed by atoms with Crippen LogP contribution in [0.1, 0.15) is 18.9 Å². The van der Waals surface area contributed by atoms with Gasteiger partial charge in [0.2, 0.25) is 5.91 Å². The molecule has 2 aliphatic heterocycles. The second-order valence-electron chi connectivity index (χ2n) is 7.12. The van der Waals surface area contributed by atoms with Gasteiger partial charge in [-0.1, -0.05) is 12.1 Å². The van der Waals surface area contributed by atoms with Gasteiger partial charge in [-0.05, 0) is 48.7 Å². The molecule has 3 amide bonds. The van der Waals surface area contributed by atoms with E-state index in [1.165, 1.54) is 11.8 Å². The minimum Gasteiger partial charge on any atom is -0.477 e. The van der Waals surface area contributed by atoms with E-state index in [9.17, 15) is 24.6 Å². The third-order valence-electron chi connectivity index (χ3n) is 5.27. The number of carboxylic acid groups (broad SMARTS) is 1. The molecule has 0 radical (unpaired) electrons. The highest BCUT2D eigenvalue weighted by Gasteiger charge is 2.56. The molecule has 1 aromatic heterocycles. The summed E-state index contributed by atoms with van der Waals surface area (Å²) < 4.78 is 0. The number of anilines is 2. The number of aliphatic hydroxyl groups excluding tert-OH is 1. The molecule has 5 N–H and O–H groups in total. The smallest absolute Gasteiger partial charge is 0.352 e. The number of amides is 3. The third kappa shape index (κ3) is 3.25. The summed E-state index contributed by atoms with van der Waals surface area (Å²) in [6.07, 6.45) is 1.22. The van der Waals surface area contributed by atoms with Crippen LogP contribution in [0.2, 0.25) is 0 Å². The molecule has 29 heavy (non-hydrogen) atoms. The van der Waals surface area contributed by atoms with E-state index in [4.69, 9.17) is 0 Å². The average molecular weight is 396 g/mol. The highest BCUT2D eigenvalue weighted by atomic mass is 16.4. The summed E-state index contributed by atoms with van der Waals surface area (Å²) >= 11 is 0. The number of carbonyl (C=O) groups excluding carboxylic acids is 2. The number of aromatic amines is 1. The van der Waals surface area contributed by atoms with Crippen LogP contribution in [0.15, 0.2) is 48.3 Å². The SMILES string of the molecule is C[C@@H](O)[C@H]1C(=O)N2C(C(=O)O)=C(c3ccc(NC(=O)Nc4ccc[nH]4)cc3)C[C@H]12. The number of nitrogens with one attached hydrogen (secondary N) is 3. The van der Waals surface area contributed by atoms with Gasteiger partial charge in [0.05, 0.1) is 18.1 Å². The molecule has 9 nitrogen and oxygen atoms in total. The van der Waals surface area contributed by atoms with Gasteiger partial charge < -0.3 is 25.4 Å². The Morgan fingerprint density at radius 1 is 1.21 bits per heavy atom. The second-order valence-corrected chi connectivity index (χ2v) is 7.12. The lowest BCUT2D eigenvalue weighted by Gasteiger charge is -2.44. The standard InChI is InChI=1S/C20H20N4O5/c1-10(25)16-14-9-13(17(19(27)28)24(14)18(16)26)11-4-6-12(7-5-11)22-20(29)23-15-3-2-8-21-15/h2-8,10,14,16,21,25H,9H2,1H3,(H,27,28)(H2,22,23,29)/t10-,14-,16-/m1/s1. The summed E-state index contributed by atoms with van der Waals surface area (Å²) in [5.41, 5.74) is 1.70. The number of rotatable bonds is 5. The molecule has 9 heteroatoms. The molecule has 0 bridgehead atoms. The Morgan fingerprint density at radius 3 is 2.52 bits per heavy atom. The molecule has 3 heterocycles. The van der Waals surface area contributed by atoms with Crippen molar-refractivity contribution in [3.8, 4) is 0 Å². The van der Waals surface area contributed by atoms with Crippen LogP contribution < -0.4 is 10.6 Å². The van der Waals surface area contributed by atoms with Crippen molar-refractivity contribution in [1.82, 2.24) is 9.88 Å². The van der Waals surface area contributed by atoms with Crippen molar-refractivity contribution in [2.75, 3.05) is 10.6 Å². The molecule has 2 aromatic rings. The molecule has 0 saturated carbocycles. The summed E-state index contributed by atoms with van der Waals surface area (Å²) in [7, 11) is 0. The summed E-state index contributed by atoms with van der Waals surface area (Å²) in [6, 6.07) is 9.46. The van der Waals surface area contributed by atoms with Crippen molar-refractivity contribution in [2.45, 2.75) is 25.5 Å². The molecule has 4 rings (SSSR count). The van der Waals surface area contributed by atoms with Gasteiger partial charge in [-0.15, -0.1) is 0 Å². The van der Waals surface area contributed by atoms with Gasteiger partial charge >= 0.3 is 12.0 Å². The van der Waals surface area contributed by atoms with E-state index in [-0.39, 0.29) is 17.6 Å². The van der Waals surface area contributed by atoms with Gasteiger partial charge in [-0.3, -0.25) is 10.1 Å². The maximum Gasteiger partial charge on any atom is 0.352 e. The first-order chi connectivity index (χ1) is 13.9. The van der Waals surface area contributed by atoms with Crippen molar-refractivity contribution < 1.29 is 24.6 Å². The number of hydrogen-bond acceptors (Lipinski definition) is 4. The lowest BCUT2D eigenvalue weighted by Crippen LogP contribution is -2.61. The van der Waals surface area contributed by atoms with Crippen molar-refractivity contribution in [3.63, 3.8) is 0 Å². The molecular weight excluding hydrogens is 376 g/mol. The number of aliphatic carboxylic acids is 1. The molecule has 2 aliphatic rings. The number of aliphatic hydroxyl groups is 1. The van der Waals surface area contributed by atoms with Crippen LogP contribution in [-0.2, 0) is 9.59 Å². The molecule has 0 unspecified atom stereocenters. The first-order valence-electron chi connectivity index (χ1n) is 9.16. The average Bonchev–Trinajstić information content (AvgIpc) is 3.27. The van der Waals surface area contributed by atoms with Gasteiger partial charge in [0.15, 0.2) is 0 Å². The predicted octanol–water partition coefficient (Wildman–Crippen LogP) is 2.07. The summed E-state index contributed by atoms with van der Waals surface area (Å²) in [5, 5.41) is 24.8. The number of fused-ring (bicyclic) bond motifs is 1. The van der Waals surface area contributed by atoms with Crippen LogP contribution in [0.25, 0.3) is 5.57 Å². The minimum atomic E-state index is -1.17. The molecule has 150 valence electrons. The van der Waals surface area contributed by atoms with Crippen LogP contribution in [0.3, 0.4) is 0 Å². The highest BCUT2D eigenvalue weighted by molar-refractivity contribution is 6.06. The van der Waals surface area contributed by atoms with Crippen LogP contribution in [0.5, 0.6) is 0 Å². The van der Waals surface area contributed by atoms with Gasteiger partial charge in [0.25, 0.3) is 0 Å². The van der Waals surface area contributed by atoms with Gasteiger partial charge in [-0.25, -0.2) is 9.59 Å². The molecule has 1 aromatic carbocycles. The second kappa shape index (κ2) is 7.10. The fourth-order valence-corrected chi connectivity index (χ4v) is 3.97. The molecule has 3 atom stereocenters. The largest absolute Gasteiger partial charge is 0.477 e. The topological polar surface area (TPSA) is 135 Å². The van der Waals surface area contributed by atoms with Crippen LogP contribution in [-0.4, -0.2) is 50.2 Å². The summed E-state index contributed by atoms with van der Waals surface area (Å²) in [5.74, 6) is -1.56. The first-order valence-corrected chi connectivity index (χ1v) is 9.16. The highest BCUT2D eigenvalue weighted by Crippen LogP contribution is 2.46. The third-order valence-corrected chi connectivity index (χ3v) is 5.27. The van der Waals surface area contributed by atoms with E-state index in [1.54, 1.807) is 42.6 Å². The lowest BCUT2D eigenvalue weighted by molar-refractivity contribution is -0.161. The Kier molecular flexibility index (Phi) is 4.59. The Hall–Kier alpha value is -3.59. The van der Waals surface area contributed by atoms with E-state index >= 15 is 0 Å². The van der Waals surface area contributed by atoms with E-state index in [0.717, 1.165) is 0 Å². The first kappa shape index (κ1) is 18.8. The number of β-lactam (4-membered cyclic amide) rings is 1. The van der Waals surface area contributed by atoms with Crippen LogP contribution in [0, 0.1) is 5.92 Å². The zero-order chi connectivity index (χ0) is 20.7. The fourth-order valence-electron chi connectivity index (χ4n) is 3.97. The summed E-state index contributed by atoms with van der Waals surface area (Å²) in [6.45, 7) is 1.54. The molecule has 0 spiro atoms. The number of H-pyrrole nitrogens is 1. The van der Waals surface area contributed by atoms with Crippen molar-refractivity contribution in [3.05, 3.63) is 53.9 Å². The maximum absolute atomic E-state index is 12.3. The molecule has 1 saturated heterocycles. The zero-order valence-corrected chi connectivity index (χ0v) is 15.5.